The highest BCUT2D eigenvalue weighted by Gasteiger charge is 2.59. The predicted octanol–water partition coefficient (Wildman–Crippen LogP) is 2.55. The van der Waals surface area contributed by atoms with Gasteiger partial charge in [-0.25, -0.2) is 0 Å². The van der Waals surface area contributed by atoms with Crippen LogP contribution in [-0.4, -0.2) is 38.3 Å². The molecule has 2 N–H and O–H groups in total. The van der Waals surface area contributed by atoms with Gasteiger partial charge in [-0.05, 0) is 12.8 Å². The fourth-order valence-corrected chi connectivity index (χ4v) is 3.72. The van der Waals surface area contributed by atoms with E-state index in [0.717, 1.165) is 19.1 Å². The Hall–Kier alpha value is -0.770. The van der Waals surface area contributed by atoms with Crippen LogP contribution in [0.5, 0.6) is 0 Å². The van der Waals surface area contributed by atoms with Crippen molar-refractivity contribution >= 4 is 5.96 Å². The van der Waals surface area contributed by atoms with Crippen LogP contribution in [0.25, 0.3) is 0 Å². The molecule has 0 aromatic carbocycles. The highest BCUT2D eigenvalue weighted by atomic mass is 16.5. The maximum Gasteiger partial charge on any atom is 0.191 e. The standard InChI is InChI=1S/C16H31N3O/c1-5-6-7-8-10-18-15(17-4)19-13-12-9-11-20-14(12)16(13,2)3/h12-14H,5-11H2,1-4H3,(H2,17,18,19). The fraction of sp³-hybridized carbons (Fsp3) is 0.938. The molecule has 3 unspecified atom stereocenters. The zero-order valence-corrected chi connectivity index (χ0v) is 13.5. The molecule has 3 atom stereocenters. The fourth-order valence-electron chi connectivity index (χ4n) is 3.72. The second-order valence-corrected chi connectivity index (χ2v) is 6.75. The molecule has 1 aliphatic carbocycles. The minimum atomic E-state index is 0.209. The monoisotopic (exact) mass is 281 g/mol. The van der Waals surface area contributed by atoms with E-state index >= 15 is 0 Å². The zero-order valence-electron chi connectivity index (χ0n) is 13.5. The number of guanidine groups is 1. The van der Waals surface area contributed by atoms with E-state index in [1.807, 2.05) is 7.05 Å². The Morgan fingerprint density at radius 1 is 1.30 bits per heavy atom. The maximum absolute atomic E-state index is 5.84. The van der Waals surface area contributed by atoms with Crippen LogP contribution in [0.15, 0.2) is 4.99 Å². The Bertz CT molecular complexity index is 341. The van der Waals surface area contributed by atoms with Gasteiger partial charge >= 0.3 is 0 Å². The quantitative estimate of drug-likeness (QED) is 0.447. The van der Waals surface area contributed by atoms with E-state index in [9.17, 15) is 0 Å². The van der Waals surface area contributed by atoms with Crippen LogP contribution in [0.4, 0.5) is 0 Å². The van der Waals surface area contributed by atoms with Crippen molar-refractivity contribution < 1.29 is 4.74 Å². The van der Waals surface area contributed by atoms with Crippen LogP contribution in [0.1, 0.15) is 52.9 Å². The van der Waals surface area contributed by atoms with Gasteiger partial charge in [0, 0.05) is 37.6 Å². The van der Waals surface area contributed by atoms with Gasteiger partial charge in [0.2, 0.25) is 0 Å². The van der Waals surface area contributed by atoms with E-state index in [2.05, 4.69) is 36.4 Å². The first-order chi connectivity index (χ1) is 9.61. The average Bonchev–Trinajstić information content (AvgIpc) is 2.88. The molecule has 1 heterocycles. The molecular weight excluding hydrogens is 250 g/mol. The van der Waals surface area contributed by atoms with E-state index < -0.39 is 0 Å². The van der Waals surface area contributed by atoms with Crippen LogP contribution < -0.4 is 10.6 Å². The van der Waals surface area contributed by atoms with E-state index in [0.29, 0.717) is 18.1 Å². The number of hydrogen-bond acceptors (Lipinski definition) is 2. The van der Waals surface area contributed by atoms with Crippen molar-refractivity contribution in [2.24, 2.45) is 16.3 Å². The number of unbranched alkanes of at least 4 members (excludes halogenated alkanes) is 3. The van der Waals surface area contributed by atoms with E-state index in [4.69, 9.17) is 4.74 Å². The molecule has 0 amide bonds. The lowest BCUT2D eigenvalue weighted by atomic mass is 9.57. The average molecular weight is 281 g/mol. The first-order valence-electron chi connectivity index (χ1n) is 8.20. The normalized spacial score (nSPS) is 31.6. The van der Waals surface area contributed by atoms with Crippen LogP contribution in [-0.2, 0) is 4.74 Å². The molecule has 0 spiro atoms. The SMILES string of the molecule is CCCCCCNC(=NC)NC1C2CCOC2C1(C)C. The van der Waals surface area contributed by atoms with Crippen molar-refractivity contribution in [3.05, 3.63) is 0 Å². The Balaban J connectivity index is 1.76. The molecule has 0 bridgehead atoms. The van der Waals surface area contributed by atoms with Gasteiger partial charge in [-0.3, -0.25) is 4.99 Å². The van der Waals surface area contributed by atoms with E-state index in [1.54, 1.807) is 0 Å². The molecule has 4 heteroatoms. The van der Waals surface area contributed by atoms with Gasteiger partial charge in [-0.15, -0.1) is 0 Å². The van der Waals surface area contributed by atoms with Crippen molar-refractivity contribution in [3.63, 3.8) is 0 Å². The summed E-state index contributed by atoms with van der Waals surface area (Å²) in [5.41, 5.74) is 0.209. The van der Waals surface area contributed by atoms with Crippen molar-refractivity contribution in [1.82, 2.24) is 10.6 Å². The molecule has 1 aliphatic heterocycles. The molecular formula is C16H31N3O. The van der Waals surface area contributed by atoms with Crippen molar-refractivity contribution in [3.8, 4) is 0 Å². The lowest BCUT2D eigenvalue weighted by Gasteiger charge is -2.54. The van der Waals surface area contributed by atoms with Crippen molar-refractivity contribution in [2.45, 2.75) is 65.0 Å². The lowest BCUT2D eigenvalue weighted by Crippen LogP contribution is -2.67. The lowest BCUT2D eigenvalue weighted by molar-refractivity contribution is -0.106. The highest BCUT2D eigenvalue weighted by Crippen LogP contribution is 2.51. The number of rotatable bonds is 6. The summed E-state index contributed by atoms with van der Waals surface area (Å²) in [6, 6.07) is 0.483. The summed E-state index contributed by atoms with van der Waals surface area (Å²) in [6.07, 6.45) is 6.74. The summed E-state index contributed by atoms with van der Waals surface area (Å²) < 4.78 is 5.84. The van der Waals surface area contributed by atoms with E-state index in [1.165, 1.54) is 32.1 Å². The Kier molecular flexibility index (Phi) is 5.30. The molecule has 116 valence electrons. The molecule has 1 saturated carbocycles. The summed E-state index contributed by atoms with van der Waals surface area (Å²) in [5.74, 6) is 1.61. The van der Waals surface area contributed by atoms with Gasteiger partial charge in [0.05, 0.1) is 6.10 Å². The third kappa shape index (κ3) is 3.11. The molecule has 2 aliphatic rings. The van der Waals surface area contributed by atoms with Gasteiger partial charge in [-0.1, -0.05) is 40.0 Å². The highest BCUT2D eigenvalue weighted by molar-refractivity contribution is 5.80. The number of fused-ring (bicyclic) bond motifs is 1. The van der Waals surface area contributed by atoms with Gasteiger partial charge < -0.3 is 15.4 Å². The molecule has 0 aromatic heterocycles. The van der Waals surface area contributed by atoms with E-state index in [-0.39, 0.29) is 5.41 Å². The Labute approximate surface area is 123 Å². The maximum atomic E-state index is 5.84. The largest absolute Gasteiger partial charge is 0.377 e. The van der Waals surface area contributed by atoms with Crippen LogP contribution in [0.2, 0.25) is 0 Å². The first kappa shape index (κ1) is 15.6. The van der Waals surface area contributed by atoms with Crippen LogP contribution in [0.3, 0.4) is 0 Å². The van der Waals surface area contributed by atoms with Crippen molar-refractivity contribution in [1.29, 1.82) is 0 Å². The van der Waals surface area contributed by atoms with Crippen molar-refractivity contribution in [2.75, 3.05) is 20.2 Å². The first-order valence-corrected chi connectivity index (χ1v) is 8.20. The molecule has 2 fully saturated rings. The van der Waals surface area contributed by atoms with Gasteiger partial charge in [0.1, 0.15) is 0 Å². The molecule has 2 rings (SSSR count). The number of nitrogens with zero attached hydrogens (tertiary/aromatic N) is 1. The summed E-state index contributed by atoms with van der Waals surface area (Å²) >= 11 is 0. The Morgan fingerprint density at radius 2 is 2.10 bits per heavy atom. The Morgan fingerprint density at radius 3 is 2.80 bits per heavy atom. The minimum Gasteiger partial charge on any atom is -0.377 e. The van der Waals surface area contributed by atoms with Gasteiger partial charge in [0.25, 0.3) is 0 Å². The predicted molar refractivity (Wildman–Crippen MR) is 84.1 cm³/mol. The third-order valence-corrected chi connectivity index (χ3v) is 4.94. The number of hydrogen-bond donors (Lipinski definition) is 2. The zero-order chi connectivity index (χ0) is 14.6. The van der Waals surface area contributed by atoms with Gasteiger partial charge in [0.15, 0.2) is 5.96 Å². The number of nitrogens with one attached hydrogen (secondary N) is 2. The van der Waals surface area contributed by atoms with Crippen LogP contribution >= 0.6 is 0 Å². The van der Waals surface area contributed by atoms with Gasteiger partial charge in [-0.2, -0.15) is 0 Å². The minimum absolute atomic E-state index is 0.209. The van der Waals surface area contributed by atoms with Crippen LogP contribution in [0, 0.1) is 11.3 Å². The number of ether oxygens (including phenoxy) is 1. The smallest absolute Gasteiger partial charge is 0.191 e. The summed E-state index contributed by atoms with van der Waals surface area (Å²) in [5, 5.41) is 7.06. The molecule has 20 heavy (non-hydrogen) atoms. The summed E-state index contributed by atoms with van der Waals surface area (Å²) in [4.78, 5) is 4.36. The molecule has 0 aromatic rings. The molecule has 4 nitrogen and oxygen atoms in total. The second-order valence-electron chi connectivity index (χ2n) is 6.75. The third-order valence-electron chi connectivity index (χ3n) is 4.94. The molecule has 1 saturated heterocycles. The summed E-state index contributed by atoms with van der Waals surface area (Å²) in [7, 11) is 1.86. The molecule has 0 radical (unpaired) electrons. The second kappa shape index (κ2) is 6.79. The summed E-state index contributed by atoms with van der Waals surface area (Å²) in [6.45, 7) is 8.77. The topological polar surface area (TPSA) is 45.7 Å². The number of aliphatic imine (C=N–C) groups is 1.